The van der Waals surface area contributed by atoms with Gasteiger partial charge in [0.05, 0.1) is 4.90 Å². The lowest BCUT2D eigenvalue weighted by Crippen LogP contribution is -2.49. The molecule has 0 saturated heterocycles. The Hall–Kier alpha value is -1.47. The number of carboxylic acid groups (broad SMARTS) is 1. The molecule has 1 unspecified atom stereocenters. The molecule has 112 valence electrons. The number of sulfonamides is 1. The summed E-state index contributed by atoms with van der Waals surface area (Å²) in [6, 6.07) is 1.95. The van der Waals surface area contributed by atoms with Crippen molar-refractivity contribution in [2.24, 2.45) is 5.41 Å². The minimum atomic E-state index is -4.03. The minimum absolute atomic E-state index is 0.130. The highest BCUT2D eigenvalue weighted by Gasteiger charge is 2.35. The number of carbonyl (C=O) groups is 1. The van der Waals surface area contributed by atoms with E-state index in [0.29, 0.717) is 0 Å². The van der Waals surface area contributed by atoms with Gasteiger partial charge in [0, 0.05) is 0 Å². The lowest BCUT2D eigenvalue weighted by atomic mass is 9.88. The maximum atomic E-state index is 13.0. The van der Waals surface area contributed by atoms with Gasteiger partial charge in [0.25, 0.3) is 0 Å². The van der Waals surface area contributed by atoms with E-state index in [1.165, 1.54) is 6.92 Å². The van der Waals surface area contributed by atoms with Crippen LogP contribution < -0.4 is 4.72 Å². The molecule has 1 atom stereocenters. The zero-order chi connectivity index (χ0) is 15.7. The van der Waals surface area contributed by atoms with Crippen molar-refractivity contribution in [3.05, 3.63) is 29.6 Å². The molecule has 5 nitrogen and oxygen atoms in total. The third-order valence-electron chi connectivity index (χ3n) is 2.81. The molecule has 0 aromatic heterocycles. The van der Waals surface area contributed by atoms with Gasteiger partial charge in [0.2, 0.25) is 10.0 Å². The van der Waals surface area contributed by atoms with E-state index in [1.54, 1.807) is 20.8 Å². The van der Waals surface area contributed by atoms with Crippen molar-refractivity contribution in [3.63, 3.8) is 0 Å². The number of aliphatic carboxylic acids is 1. The molecule has 0 aliphatic rings. The molecule has 0 aliphatic heterocycles. The molecule has 0 heterocycles. The van der Waals surface area contributed by atoms with Crippen LogP contribution in [-0.4, -0.2) is 25.5 Å². The van der Waals surface area contributed by atoms with Gasteiger partial charge in [-0.1, -0.05) is 20.8 Å². The second-order valence-electron chi connectivity index (χ2n) is 5.67. The summed E-state index contributed by atoms with van der Waals surface area (Å²) in [6.45, 7) is 6.30. The number of halogens is 1. The molecule has 0 amide bonds. The Morgan fingerprint density at radius 2 is 1.90 bits per heavy atom. The quantitative estimate of drug-likeness (QED) is 0.890. The zero-order valence-electron chi connectivity index (χ0n) is 11.8. The fourth-order valence-electron chi connectivity index (χ4n) is 1.73. The van der Waals surface area contributed by atoms with Crippen LogP contribution >= 0.6 is 0 Å². The molecule has 1 aromatic carbocycles. The molecule has 0 fully saturated rings. The van der Waals surface area contributed by atoms with Crippen LogP contribution in [0.4, 0.5) is 4.39 Å². The van der Waals surface area contributed by atoms with Crippen molar-refractivity contribution in [3.8, 4) is 0 Å². The predicted molar refractivity (Wildman–Crippen MR) is 72.3 cm³/mol. The second kappa shape index (κ2) is 5.49. The Labute approximate surface area is 117 Å². The van der Waals surface area contributed by atoms with Gasteiger partial charge in [-0.2, -0.15) is 4.72 Å². The summed E-state index contributed by atoms with van der Waals surface area (Å²) in [4.78, 5) is 11.1. The Kier molecular flexibility index (Phi) is 4.55. The SMILES string of the molecule is Cc1cc(F)ccc1S(=O)(=O)NC(C(=O)O)C(C)(C)C. The van der Waals surface area contributed by atoms with Crippen LogP contribution in [0.2, 0.25) is 0 Å². The standard InChI is InChI=1S/C13H18FNO4S/c1-8-7-9(14)5-6-10(8)20(18,19)15-11(12(16)17)13(2,3)4/h5-7,11,15H,1-4H3,(H,16,17). The third-order valence-corrected chi connectivity index (χ3v) is 4.40. The average molecular weight is 303 g/mol. The smallest absolute Gasteiger partial charge is 0.322 e. The van der Waals surface area contributed by atoms with Crippen LogP contribution in [0.5, 0.6) is 0 Å². The molecule has 0 bridgehead atoms. The molecule has 20 heavy (non-hydrogen) atoms. The predicted octanol–water partition coefficient (Wildman–Crippen LogP) is 1.91. The van der Waals surface area contributed by atoms with E-state index in [4.69, 9.17) is 5.11 Å². The Morgan fingerprint density at radius 3 is 2.30 bits per heavy atom. The summed E-state index contributed by atoms with van der Waals surface area (Å²) >= 11 is 0. The highest BCUT2D eigenvalue weighted by molar-refractivity contribution is 7.89. The number of rotatable bonds is 4. The normalized spacial score (nSPS) is 14.1. The maximum absolute atomic E-state index is 13.0. The zero-order valence-corrected chi connectivity index (χ0v) is 12.6. The van der Waals surface area contributed by atoms with Gasteiger partial charge in [0.15, 0.2) is 0 Å². The molecule has 1 rings (SSSR count). The molecule has 2 N–H and O–H groups in total. The van der Waals surface area contributed by atoms with Gasteiger partial charge >= 0.3 is 5.97 Å². The lowest BCUT2D eigenvalue weighted by molar-refractivity contribution is -0.141. The van der Waals surface area contributed by atoms with Crippen molar-refractivity contribution >= 4 is 16.0 Å². The van der Waals surface area contributed by atoms with E-state index in [-0.39, 0.29) is 10.5 Å². The van der Waals surface area contributed by atoms with Gasteiger partial charge in [-0.25, -0.2) is 12.8 Å². The van der Waals surface area contributed by atoms with Crippen LogP contribution in [0.3, 0.4) is 0 Å². The van der Waals surface area contributed by atoms with Gasteiger partial charge < -0.3 is 5.11 Å². The van der Waals surface area contributed by atoms with Gasteiger partial charge in [-0.3, -0.25) is 4.79 Å². The van der Waals surface area contributed by atoms with Crippen LogP contribution in [0.1, 0.15) is 26.3 Å². The Balaban J connectivity index is 3.20. The van der Waals surface area contributed by atoms with Crippen LogP contribution in [-0.2, 0) is 14.8 Å². The lowest BCUT2D eigenvalue weighted by Gasteiger charge is -2.27. The summed E-state index contributed by atoms with van der Waals surface area (Å²) in [5.41, 5.74) is -0.581. The molecular weight excluding hydrogens is 285 g/mol. The van der Waals surface area contributed by atoms with Crippen molar-refractivity contribution in [2.75, 3.05) is 0 Å². The molecule has 0 aliphatic carbocycles. The largest absolute Gasteiger partial charge is 0.480 e. The maximum Gasteiger partial charge on any atom is 0.322 e. The first-order chi connectivity index (χ1) is 8.95. The van der Waals surface area contributed by atoms with Crippen molar-refractivity contribution < 1.29 is 22.7 Å². The summed E-state index contributed by atoms with van der Waals surface area (Å²) < 4.78 is 39.6. The number of nitrogens with one attached hydrogen (secondary N) is 1. The van der Waals surface area contributed by atoms with E-state index in [9.17, 15) is 17.6 Å². The first-order valence-electron chi connectivity index (χ1n) is 5.96. The molecule has 1 aromatic rings. The van der Waals surface area contributed by atoms with Gasteiger partial charge in [-0.05, 0) is 36.1 Å². The van der Waals surface area contributed by atoms with Crippen molar-refractivity contribution in [1.82, 2.24) is 4.72 Å². The van der Waals surface area contributed by atoms with E-state index in [2.05, 4.69) is 4.72 Å². The summed E-state index contributed by atoms with van der Waals surface area (Å²) in [7, 11) is -4.03. The Morgan fingerprint density at radius 1 is 1.35 bits per heavy atom. The van der Waals surface area contributed by atoms with Crippen molar-refractivity contribution in [2.45, 2.75) is 38.6 Å². The van der Waals surface area contributed by atoms with E-state index >= 15 is 0 Å². The molecular formula is C13H18FNO4S. The summed E-state index contributed by atoms with van der Waals surface area (Å²) in [5, 5.41) is 9.15. The summed E-state index contributed by atoms with van der Waals surface area (Å²) in [6.07, 6.45) is 0. The van der Waals surface area contributed by atoms with Crippen LogP contribution in [0.15, 0.2) is 23.1 Å². The highest BCUT2D eigenvalue weighted by Crippen LogP contribution is 2.23. The number of carboxylic acids is 1. The topological polar surface area (TPSA) is 83.5 Å². The first-order valence-corrected chi connectivity index (χ1v) is 7.45. The van der Waals surface area contributed by atoms with Gasteiger partial charge in [0.1, 0.15) is 11.9 Å². The molecule has 0 spiro atoms. The molecule has 0 radical (unpaired) electrons. The van der Waals surface area contributed by atoms with Crippen LogP contribution in [0.25, 0.3) is 0 Å². The third kappa shape index (κ3) is 3.77. The fraction of sp³-hybridized carbons (Fsp3) is 0.462. The number of benzene rings is 1. The number of hydrogen-bond acceptors (Lipinski definition) is 3. The average Bonchev–Trinajstić information content (AvgIpc) is 2.23. The van der Waals surface area contributed by atoms with E-state index in [1.807, 2.05) is 0 Å². The number of aryl methyl sites for hydroxylation is 1. The van der Waals surface area contributed by atoms with Crippen molar-refractivity contribution in [1.29, 1.82) is 0 Å². The Bertz CT molecular complexity index is 620. The second-order valence-corrected chi connectivity index (χ2v) is 7.35. The van der Waals surface area contributed by atoms with E-state index < -0.39 is 33.3 Å². The van der Waals surface area contributed by atoms with Crippen LogP contribution in [0, 0.1) is 18.2 Å². The van der Waals surface area contributed by atoms with E-state index in [0.717, 1.165) is 18.2 Å². The molecule has 7 heteroatoms. The molecule has 0 saturated carbocycles. The fourth-order valence-corrected chi connectivity index (χ4v) is 3.35. The number of hydrogen-bond donors (Lipinski definition) is 2. The highest BCUT2D eigenvalue weighted by atomic mass is 32.2. The summed E-state index contributed by atoms with van der Waals surface area (Å²) in [5.74, 6) is -1.81. The minimum Gasteiger partial charge on any atom is -0.480 e. The van der Waals surface area contributed by atoms with Gasteiger partial charge in [-0.15, -0.1) is 0 Å². The first kappa shape index (κ1) is 16.6. The monoisotopic (exact) mass is 303 g/mol.